The van der Waals surface area contributed by atoms with E-state index in [1.165, 1.54) is 38.5 Å². The highest BCUT2D eigenvalue weighted by molar-refractivity contribution is 5.78. The maximum absolute atomic E-state index is 12.3. The van der Waals surface area contributed by atoms with E-state index in [1.54, 1.807) is 0 Å². The first-order valence-electron chi connectivity index (χ1n) is 8.46. The van der Waals surface area contributed by atoms with Gasteiger partial charge in [-0.15, -0.1) is 0 Å². The lowest BCUT2D eigenvalue weighted by Crippen LogP contribution is -2.49. The number of hydrogen-bond acceptors (Lipinski definition) is 2. The van der Waals surface area contributed by atoms with Crippen molar-refractivity contribution in [3.8, 4) is 0 Å². The summed E-state index contributed by atoms with van der Waals surface area (Å²) < 4.78 is 0. The van der Waals surface area contributed by atoms with Crippen molar-refractivity contribution in [3.05, 3.63) is 0 Å². The largest absolute Gasteiger partial charge is 0.342 e. The molecule has 3 unspecified atom stereocenters. The van der Waals surface area contributed by atoms with Crippen molar-refractivity contribution in [1.29, 1.82) is 0 Å². The fraction of sp³-hybridized carbons (Fsp3) is 0.941. The molecule has 1 aliphatic heterocycles. The molecule has 3 aliphatic rings. The van der Waals surface area contributed by atoms with Gasteiger partial charge in [0.25, 0.3) is 0 Å². The lowest BCUT2D eigenvalue weighted by molar-refractivity contribution is -0.131. The highest BCUT2D eigenvalue weighted by Crippen LogP contribution is 2.65. The molecule has 1 heterocycles. The Hall–Kier alpha value is -0.570. The number of likely N-dealkylation sites (tertiary alicyclic amines) is 1. The molecule has 1 N–H and O–H groups in total. The number of rotatable bonds is 3. The van der Waals surface area contributed by atoms with Crippen molar-refractivity contribution < 1.29 is 4.79 Å². The van der Waals surface area contributed by atoms with Gasteiger partial charge in [0, 0.05) is 19.1 Å². The van der Waals surface area contributed by atoms with Crippen LogP contribution in [-0.4, -0.2) is 36.5 Å². The average Bonchev–Trinajstić information content (AvgIpc) is 2.78. The fourth-order valence-electron chi connectivity index (χ4n) is 4.98. The van der Waals surface area contributed by atoms with Crippen LogP contribution in [0.15, 0.2) is 0 Å². The number of piperidine rings is 1. The minimum absolute atomic E-state index is 0.314. The second-order valence-corrected chi connectivity index (χ2v) is 7.99. The van der Waals surface area contributed by atoms with Gasteiger partial charge in [0.2, 0.25) is 5.91 Å². The van der Waals surface area contributed by atoms with Gasteiger partial charge in [-0.25, -0.2) is 0 Å². The molecule has 1 saturated heterocycles. The quantitative estimate of drug-likeness (QED) is 0.861. The number of carbonyl (C=O) groups is 1. The number of carbonyl (C=O) groups excluding carboxylic acids is 1. The van der Waals surface area contributed by atoms with Gasteiger partial charge in [-0.05, 0) is 55.3 Å². The van der Waals surface area contributed by atoms with E-state index in [0.717, 1.165) is 19.0 Å². The van der Waals surface area contributed by atoms with E-state index >= 15 is 0 Å². The summed E-state index contributed by atoms with van der Waals surface area (Å²) in [4.78, 5) is 14.3. The number of nitrogens with zero attached hydrogens (tertiary/aromatic N) is 1. The standard InChI is InChI=1S/C17H30N2O/c1-16(2)13-7-8-17(16,3)14(11-13)18-12-15(20)19-9-5-4-6-10-19/h13-14,18H,4-12H2,1-3H3. The van der Waals surface area contributed by atoms with E-state index in [2.05, 4.69) is 31.0 Å². The summed E-state index contributed by atoms with van der Waals surface area (Å²) in [6.45, 7) is 9.77. The van der Waals surface area contributed by atoms with E-state index < -0.39 is 0 Å². The second-order valence-electron chi connectivity index (χ2n) is 7.99. The fourth-order valence-corrected chi connectivity index (χ4v) is 4.98. The van der Waals surface area contributed by atoms with Crippen LogP contribution in [-0.2, 0) is 4.79 Å². The maximum atomic E-state index is 12.3. The van der Waals surface area contributed by atoms with Crippen LogP contribution in [0, 0.1) is 16.7 Å². The Labute approximate surface area is 123 Å². The Bertz CT molecular complexity index is 386. The van der Waals surface area contributed by atoms with Crippen LogP contribution in [0.1, 0.15) is 59.3 Å². The van der Waals surface area contributed by atoms with Gasteiger partial charge >= 0.3 is 0 Å². The van der Waals surface area contributed by atoms with E-state index in [4.69, 9.17) is 0 Å². The third kappa shape index (κ3) is 2.09. The number of amides is 1. The predicted octanol–water partition coefficient (Wildman–Crippen LogP) is 2.80. The summed E-state index contributed by atoms with van der Waals surface area (Å²) in [7, 11) is 0. The van der Waals surface area contributed by atoms with Gasteiger partial charge in [-0.1, -0.05) is 20.8 Å². The van der Waals surface area contributed by atoms with E-state index in [-0.39, 0.29) is 0 Å². The summed E-state index contributed by atoms with van der Waals surface area (Å²) in [5.41, 5.74) is 0.804. The van der Waals surface area contributed by atoms with Crippen LogP contribution in [0.25, 0.3) is 0 Å². The van der Waals surface area contributed by atoms with Crippen molar-refractivity contribution in [1.82, 2.24) is 10.2 Å². The molecule has 0 aromatic carbocycles. The molecular formula is C17H30N2O. The molecule has 2 saturated carbocycles. The lowest BCUT2D eigenvalue weighted by atomic mass is 9.69. The zero-order chi connectivity index (χ0) is 14.4. The van der Waals surface area contributed by atoms with E-state index in [1.807, 2.05) is 0 Å². The summed E-state index contributed by atoms with van der Waals surface area (Å²) in [5.74, 6) is 1.16. The van der Waals surface area contributed by atoms with Crippen molar-refractivity contribution >= 4 is 5.91 Å². The zero-order valence-electron chi connectivity index (χ0n) is 13.4. The number of fused-ring (bicyclic) bond motifs is 2. The Balaban J connectivity index is 1.56. The molecule has 1 amide bonds. The molecule has 3 atom stereocenters. The predicted molar refractivity (Wildman–Crippen MR) is 81.5 cm³/mol. The Morgan fingerprint density at radius 1 is 1.20 bits per heavy atom. The highest BCUT2D eigenvalue weighted by Gasteiger charge is 2.61. The molecule has 2 aliphatic carbocycles. The van der Waals surface area contributed by atoms with Crippen molar-refractivity contribution in [2.75, 3.05) is 19.6 Å². The summed E-state index contributed by atoms with van der Waals surface area (Å²) in [6.07, 6.45) is 7.61. The summed E-state index contributed by atoms with van der Waals surface area (Å²) in [6, 6.07) is 0.532. The molecule has 0 spiro atoms. The van der Waals surface area contributed by atoms with Gasteiger partial charge in [0.05, 0.1) is 6.54 Å². The van der Waals surface area contributed by atoms with Crippen molar-refractivity contribution in [3.63, 3.8) is 0 Å². The van der Waals surface area contributed by atoms with Crippen LogP contribution in [0.3, 0.4) is 0 Å². The van der Waals surface area contributed by atoms with Crippen LogP contribution in [0.5, 0.6) is 0 Å². The Kier molecular flexibility index (Phi) is 3.60. The van der Waals surface area contributed by atoms with Gasteiger partial charge in [-0.3, -0.25) is 4.79 Å². The van der Waals surface area contributed by atoms with Crippen LogP contribution >= 0.6 is 0 Å². The first-order chi connectivity index (χ1) is 9.45. The molecule has 2 bridgehead atoms. The summed E-state index contributed by atoms with van der Waals surface area (Å²) in [5, 5.41) is 3.62. The van der Waals surface area contributed by atoms with Crippen LogP contribution in [0.2, 0.25) is 0 Å². The van der Waals surface area contributed by atoms with E-state index in [9.17, 15) is 4.79 Å². The maximum Gasteiger partial charge on any atom is 0.236 e. The second kappa shape index (κ2) is 5.01. The third-order valence-corrected chi connectivity index (χ3v) is 7.00. The Morgan fingerprint density at radius 2 is 1.90 bits per heavy atom. The molecule has 20 heavy (non-hydrogen) atoms. The van der Waals surface area contributed by atoms with Crippen molar-refractivity contribution in [2.45, 2.75) is 65.3 Å². The molecule has 3 nitrogen and oxygen atoms in total. The Morgan fingerprint density at radius 3 is 2.45 bits per heavy atom. The minimum Gasteiger partial charge on any atom is -0.342 e. The molecular weight excluding hydrogens is 248 g/mol. The van der Waals surface area contributed by atoms with Gasteiger partial charge in [0.15, 0.2) is 0 Å². The number of hydrogen-bond donors (Lipinski definition) is 1. The minimum atomic E-state index is 0.314. The molecule has 0 radical (unpaired) electrons. The topological polar surface area (TPSA) is 32.3 Å². The normalized spacial score (nSPS) is 39.2. The zero-order valence-corrected chi connectivity index (χ0v) is 13.4. The first kappa shape index (κ1) is 14.4. The molecule has 114 valence electrons. The molecule has 3 fully saturated rings. The molecule has 3 heteroatoms. The van der Waals surface area contributed by atoms with Gasteiger partial charge < -0.3 is 10.2 Å². The van der Waals surface area contributed by atoms with E-state index in [0.29, 0.717) is 29.3 Å². The number of nitrogens with one attached hydrogen (secondary N) is 1. The molecule has 3 rings (SSSR count). The van der Waals surface area contributed by atoms with Gasteiger partial charge in [-0.2, -0.15) is 0 Å². The SMILES string of the molecule is CC1(C)C2CCC1(C)C(NCC(=O)N1CCCCC1)C2. The van der Waals surface area contributed by atoms with Crippen LogP contribution in [0.4, 0.5) is 0 Å². The van der Waals surface area contributed by atoms with Gasteiger partial charge in [0.1, 0.15) is 0 Å². The molecule has 0 aromatic rings. The lowest BCUT2D eigenvalue weighted by Gasteiger charge is -2.40. The third-order valence-electron chi connectivity index (χ3n) is 7.00. The molecule has 0 aromatic heterocycles. The smallest absolute Gasteiger partial charge is 0.236 e. The monoisotopic (exact) mass is 278 g/mol. The first-order valence-corrected chi connectivity index (χ1v) is 8.46. The highest BCUT2D eigenvalue weighted by atomic mass is 16.2. The van der Waals surface area contributed by atoms with Crippen LogP contribution < -0.4 is 5.32 Å². The van der Waals surface area contributed by atoms with Crippen molar-refractivity contribution in [2.24, 2.45) is 16.7 Å². The summed E-state index contributed by atoms with van der Waals surface area (Å²) >= 11 is 0. The average molecular weight is 278 g/mol.